The number of nitrogens with one attached hydrogen (secondary N) is 1. The first-order valence-electron chi connectivity index (χ1n) is 11.9. The number of nitrogens with zero attached hydrogens (tertiary/aromatic N) is 3. The number of fused-ring (bicyclic) bond motifs is 1. The number of carbonyl (C=O) groups is 2. The fourth-order valence-electron chi connectivity index (χ4n) is 4.72. The lowest BCUT2D eigenvalue weighted by atomic mass is 9.95. The van der Waals surface area contributed by atoms with Crippen LogP contribution < -0.4 is 10.2 Å². The van der Waals surface area contributed by atoms with E-state index in [0.717, 1.165) is 12.1 Å². The van der Waals surface area contributed by atoms with Gasteiger partial charge in [0.25, 0.3) is 0 Å². The van der Waals surface area contributed by atoms with Gasteiger partial charge >= 0.3 is 0 Å². The molecule has 1 aromatic heterocycles. The second-order valence-corrected chi connectivity index (χ2v) is 11.0. The molecule has 9 nitrogen and oxygen atoms in total. The molecule has 12 heteroatoms. The molecule has 3 heterocycles. The van der Waals surface area contributed by atoms with Gasteiger partial charge in [0.1, 0.15) is 23.9 Å². The number of hydrogen-bond acceptors (Lipinski definition) is 6. The number of hydrogen-bond donors (Lipinski definition) is 1. The van der Waals surface area contributed by atoms with Crippen molar-refractivity contribution in [2.24, 2.45) is 5.92 Å². The van der Waals surface area contributed by atoms with E-state index in [4.69, 9.17) is 4.52 Å². The molecule has 38 heavy (non-hydrogen) atoms. The number of aromatic nitrogens is 1. The quantitative estimate of drug-likeness (QED) is 0.525. The maximum atomic E-state index is 14.0. The molecule has 0 atom stereocenters. The number of sulfonamides is 1. The zero-order chi connectivity index (χ0) is 27.0. The maximum Gasteiger partial charge on any atom is 0.248 e. The fourth-order valence-corrected chi connectivity index (χ4v) is 6.44. The summed E-state index contributed by atoms with van der Waals surface area (Å²) < 4.78 is 60.7. The third-order valence-electron chi connectivity index (χ3n) is 6.65. The van der Waals surface area contributed by atoms with E-state index in [1.54, 1.807) is 24.3 Å². The Kier molecular flexibility index (Phi) is 6.84. The number of piperidine rings is 1. The highest BCUT2D eigenvalue weighted by atomic mass is 32.2. The zero-order valence-corrected chi connectivity index (χ0v) is 21.2. The lowest BCUT2D eigenvalue weighted by Gasteiger charge is -2.35. The van der Waals surface area contributed by atoms with Crippen molar-refractivity contribution in [3.63, 3.8) is 0 Å². The van der Waals surface area contributed by atoms with Crippen LogP contribution in [0.15, 0.2) is 51.9 Å². The molecule has 2 aromatic carbocycles. The second-order valence-electron chi connectivity index (χ2n) is 9.13. The van der Waals surface area contributed by atoms with Gasteiger partial charge in [0.05, 0.1) is 11.4 Å². The van der Waals surface area contributed by atoms with Crippen LogP contribution in [0.2, 0.25) is 0 Å². The first-order valence-corrected chi connectivity index (χ1v) is 13.4. The molecule has 5 rings (SSSR count). The molecule has 2 amide bonds. The number of halogens is 2. The van der Waals surface area contributed by atoms with Gasteiger partial charge in [-0.3, -0.25) is 9.59 Å². The topological polar surface area (TPSA) is 113 Å². The summed E-state index contributed by atoms with van der Waals surface area (Å²) in [7, 11) is -4.05. The Labute approximate surface area is 217 Å². The molecule has 0 radical (unpaired) electrons. The Balaban J connectivity index is 1.32. The summed E-state index contributed by atoms with van der Waals surface area (Å²) in [6.07, 6.45) is 3.10. The molecule has 0 bridgehead atoms. The van der Waals surface area contributed by atoms with Crippen LogP contribution in [0.1, 0.15) is 29.9 Å². The van der Waals surface area contributed by atoms with Crippen molar-refractivity contribution in [1.82, 2.24) is 9.46 Å². The van der Waals surface area contributed by atoms with Crippen molar-refractivity contribution in [3.8, 4) is 0 Å². The number of amides is 2. The van der Waals surface area contributed by atoms with E-state index in [1.165, 1.54) is 34.3 Å². The molecule has 0 spiro atoms. The van der Waals surface area contributed by atoms with Crippen LogP contribution in [-0.2, 0) is 19.6 Å². The summed E-state index contributed by atoms with van der Waals surface area (Å²) in [5.41, 5.74) is 1.36. The van der Waals surface area contributed by atoms with Gasteiger partial charge in [-0.1, -0.05) is 17.3 Å². The highest BCUT2D eigenvalue weighted by Gasteiger charge is 2.38. The Morgan fingerprint density at radius 2 is 1.87 bits per heavy atom. The number of aryl methyl sites for hydroxylation is 1. The smallest absolute Gasteiger partial charge is 0.248 e. The number of anilines is 2. The van der Waals surface area contributed by atoms with Crippen LogP contribution in [-0.4, -0.2) is 49.3 Å². The summed E-state index contributed by atoms with van der Waals surface area (Å²) in [6, 6.07) is 10.1. The molecule has 0 saturated carbocycles. The standard InChI is InChI=1S/C26H24F2N4O5S/c1-16-25(23(37-30-16)9-7-17-6-8-19(27)14-20(17)28)38(35,36)31-12-10-18(11-13-31)26(34)32-15-24(33)29-21-4-2-3-5-22(21)32/h2-9,14,18H,10-13,15H2,1H3,(H,29,33). The molecule has 3 aromatic rings. The largest absolute Gasteiger partial charge is 0.355 e. The Morgan fingerprint density at radius 1 is 1.13 bits per heavy atom. The summed E-state index contributed by atoms with van der Waals surface area (Å²) >= 11 is 0. The van der Waals surface area contributed by atoms with E-state index in [1.807, 2.05) is 0 Å². The minimum atomic E-state index is -4.05. The van der Waals surface area contributed by atoms with Gasteiger partial charge in [0.15, 0.2) is 10.7 Å². The van der Waals surface area contributed by atoms with Crippen LogP contribution in [0.3, 0.4) is 0 Å². The predicted molar refractivity (Wildman–Crippen MR) is 135 cm³/mol. The maximum absolute atomic E-state index is 14.0. The Hall–Kier alpha value is -3.90. The van der Waals surface area contributed by atoms with Crippen molar-refractivity contribution in [1.29, 1.82) is 0 Å². The van der Waals surface area contributed by atoms with Gasteiger partial charge in [-0.15, -0.1) is 0 Å². The first kappa shape index (κ1) is 25.7. The van der Waals surface area contributed by atoms with Crippen LogP contribution in [0, 0.1) is 24.5 Å². The van der Waals surface area contributed by atoms with Crippen molar-refractivity contribution < 1.29 is 31.3 Å². The first-order chi connectivity index (χ1) is 18.1. The molecule has 1 N–H and O–H groups in total. The van der Waals surface area contributed by atoms with Gasteiger partial charge in [-0.05, 0) is 56.2 Å². The average molecular weight is 543 g/mol. The van der Waals surface area contributed by atoms with Gasteiger partial charge in [-0.25, -0.2) is 17.2 Å². The summed E-state index contributed by atoms with van der Waals surface area (Å²) in [4.78, 5) is 26.7. The molecule has 1 fully saturated rings. The van der Waals surface area contributed by atoms with Crippen LogP contribution in [0.4, 0.5) is 20.2 Å². The molecule has 0 aliphatic carbocycles. The third-order valence-corrected chi connectivity index (χ3v) is 8.71. The molecular weight excluding hydrogens is 518 g/mol. The summed E-state index contributed by atoms with van der Waals surface area (Å²) in [6.45, 7) is 1.56. The number of para-hydroxylation sites is 2. The van der Waals surface area contributed by atoms with Crippen molar-refractivity contribution >= 4 is 45.4 Å². The van der Waals surface area contributed by atoms with Crippen molar-refractivity contribution in [3.05, 3.63) is 71.1 Å². The van der Waals surface area contributed by atoms with Gasteiger partial charge in [-0.2, -0.15) is 4.31 Å². The van der Waals surface area contributed by atoms with Crippen LogP contribution >= 0.6 is 0 Å². The minimum absolute atomic E-state index is 0.0519. The van der Waals surface area contributed by atoms with E-state index in [0.29, 0.717) is 11.4 Å². The second kappa shape index (κ2) is 10.1. The highest BCUT2D eigenvalue weighted by Crippen LogP contribution is 2.33. The summed E-state index contributed by atoms with van der Waals surface area (Å²) in [5.74, 6) is -2.59. The Morgan fingerprint density at radius 3 is 2.61 bits per heavy atom. The third kappa shape index (κ3) is 4.84. The Bertz CT molecular complexity index is 1540. The molecule has 198 valence electrons. The number of carbonyl (C=O) groups excluding carboxylic acids is 2. The zero-order valence-electron chi connectivity index (χ0n) is 20.4. The fraction of sp³-hybridized carbons (Fsp3) is 0.269. The predicted octanol–water partition coefficient (Wildman–Crippen LogP) is 3.82. The van der Waals surface area contributed by atoms with Gasteiger partial charge < -0.3 is 14.7 Å². The highest BCUT2D eigenvalue weighted by molar-refractivity contribution is 7.89. The lowest BCUT2D eigenvalue weighted by molar-refractivity contribution is -0.125. The molecular formula is C26H24F2N4O5S. The molecule has 2 aliphatic rings. The molecule has 1 saturated heterocycles. The van der Waals surface area contributed by atoms with E-state index < -0.39 is 27.6 Å². The van der Waals surface area contributed by atoms with E-state index >= 15 is 0 Å². The monoisotopic (exact) mass is 542 g/mol. The van der Waals surface area contributed by atoms with Crippen molar-refractivity contribution in [2.75, 3.05) is 29.9 Å². The van der Waals surface area contributed by atoms with Gasteiger partial charge in [0, 0.05) is 30.6 Å². The van der Waals surface area contributed by atoms with Crippen LogP contribution in [0.25, 0.3) is 12.2 Å². The van der Waals surface area contributed by atoms with Gasteiger partial charge in [0.2, 0.25) is 21.8 Å². The number of rotatable bonds is 5. The minimum Gasteiger partial charge on any atom is -0.355 e. The van der Waals surface area contributed by atoms with E-state index in [-0.39, 0.29) is 66.2 Å². The molecule has 2 aliphatic heterocycles. The van der Waals surface area contributed by atoms with E-state index in [9.17, 15) is 26.8 Å². The van der Waals surface area contributed by atoms with E-state index in [2.05, 4.69) is 10.5 Å². The average Bonchev–Trinajstić information content (AvgIpc) is 3.28. The SMILES string of the molecule is Cc1noc(C=Cc2ccc(F)cc2F)c1S(=O)(=O)N1CCC(C(=O)N2CC(=O)Nc3ccccc32)CC1. The van der Waals surface area contributed by atoms with Crippen LogP contribution in [0.5, 0.6) is 0 Å². The lowest BCUT2D eigenvalue weighted by Crippen LogP contribution is -2.48. The normalized spacial score (nSPS) is 17.0. The summed E-state index contributed by atoms with van der Waals surface area (Å²) in [5, 5.41) is 6.52. The number of benzene rings is 2. The van der Waals surface area contributed by atoms with Crippen molar-refractivity contribution in [2.45, 2.75) is 24.7 Å². The molecule has 0 unspecified atom stereocenters.